The second kappa shape index (κ2) is 9.25. The SMILES string of the molecule is CCCCCc1cc2sc(-c3ccc(C#Cc4cc(F)c(F)c(F)c4)c(F)c3)cc2s1. The van der Waals surface area contributed by atoms with E-state index in [1.807, 2.05) is 0 Å². The van der Waals surface area contributed by atoms with Crippen LogP contribution < -0.4 is 0 Å². The van der Waals surface area contributed by atoms with Crippen LogP contribution in [0.5, 0.6) is 0 Å². The van der Waals surface area contributed by atoms with E-state index < -0.39 is 23.3 Å². The topological polar surface area (TPSA) is 0 Å². The maximum atomic E-state index is 14.6. The third kappa shape index (κ3) is 4.84. The van der Waals surface area contributed by atoms with Crippen LogP contribution in [0.3, 0.4) is 0 Å². The summed E-state index contributed by atoms with van der Waals surface area (Å²) in [5, 5.41) is 0. The Bertz CT molecular complexity index is 1250. The molecule has 0 fully saturated rings. The average molecular weight is 459 g/mol. The quantitative estimate of drug-likeness (QED) is 0.122. The summed E-state index contributed by atoms with van der Waals surface area (Å²) in [6, 6.07) is 10.6. The number of aryl methyl sites for hydroxylation is 1. The first kappa shape index (κ1) is 21.6. The zero-order chi connectivity index (χ0) is 22.0. The maximum absolute atomic E-state index is 14.6. The largest absolute Gasteiger partial charge is 0.206 e. The van der Waals surface area contributed by atoms with E-state index in [0.717, 1.165) is 29.0 Å². The van der Waals surface area contributed by atoms with Crippen LogP contribution in [-0.2, 0) is 6.42 Å². The van der Waals surface area contributed by atoms with Crippen LogP contribution in [0.25, 0.3) is 19.8 Å². The number of unbranched alkanes of at least 4 members (excludes halogenated alkanes) is 2. The van der Waals surface area contributed by atoms with E-state index in [1.54, 1.807) is 28.7 Å². The first-order valence-corrected chi connectivity index (χ1v) is 11.6. The van der Waals surface area contributed by atoms with Crippen LogP contribution in [0.1, 0.15) is 42.2 Å². The molecule has 0 spiro atoms. The number of hydrogen-bond donors (Lipinski definition) is 0. The summed E-state index contributed by atoms with van der Waals surface area (Å²) < 4.78 is 56.6. The van der Waals surface area contributed by atoms with Crippen LogP contribution in [0.15, 0.2) is 42.5 Å². The molecule has 2 aromatic carbocycles. The fourth-order valence-corrected chi connectivity index (χ4v) is 5.70. The first-order valence-electron chi connectivity index (χ1n) is 9.93. The molecule has 0 aliphatic carbocycles. The molecule has 0 amide bonds. The van der Waals surface area contributed by atoms with Gasteiger partial charge in [0.1, 0.15) is 5.82 Å². The van der Waals surface area contributed by atoms with Crippen molar-refractivity contribution in [3.63, 3.8) is 0 Å². The summed E-state index contributed by atoms with van der Waals surface area (Å²) in [5.74, 6) is 0.313. The summed E-state index contributed by atoms with van der Waals surface area (Å²) >= 11 is 3.41. The number of thiophene rings is 2. The molecule has 0 unspecified atom stereocenters. The lowest BCUT2D eigenvalue weighted by molar-refractivity contribution is 0.446. The number of halogens is 4. The van der Waals surface area contributed by atoms with Gasteiger partial charge in [-0.3, -0.25) is 0 Å². The summed E-state index contributed by atoms with van der Waals surface area (Å²) in [4.78, 5) is 2.36. The third-order valence-electron chi connectivity index (χ3n) is 4.86. The van der Waals surface area contributed by atoms with Crippen molar-refractivity contribution in [3.05, 3.63) is 81.7 Å². The van der Waals surface area contributed by atoms with Gasteiger partial charge in [-0.25, -0.2) is 17.6 Å². The lowest BCUT2D eigenvalue weighted by atomic mass is 10.1. The number of benzene rings is 2. The van der Waals surface area contributed by atoms with Gasteiger partial charge in [0.05, 0.1) is 5.56 Å². The van der Waals surface area contributed by atoms with Crippen LogP contribution >= 0.6 is 22.7 Å². The summed E-state index contributed by atoms with van der Waals surface area (Å²) in [6.07, 6.45) is 4.73. The highest BCUT2D eigenvalue weighted by Gasteiger charge is 2.11. The van der Waals surface area contributed by atoms with E-state index in [0.29, 0.717) is 0 Å². The standard InChI is InChI=1S/C25H18F4S2/c1-2-3-4-5-18-13-23-24(30-18)14-22(31-23)17-9-8-16(19(26)12-17)7-6-15-10-20(27)25(29)21(28)11-15/h8-14H,2-5H2,1H3. The molecule has 4 aromatic rings. The second-order valence-corrected chi connectivity index (χ2v) is 9.46. The van der Waals surface area contributed by atoms with Crippen molar-refractivity contribution < 1.29 is 17.6 Å². The van der Waals surface area contributed by atoms with Gasteiger partial charge in [-0.2, -0.15) is 0 Å². The molecule has 2 aromatic heterocycles. The Morgan fingerprint density at radius 2 is 1.52 bits per heavy atom. The highest BCUT2D eigenvalue weighted by Crippen LogP contribution is 2.39. The third-order valence-corrected chi connectivity index (χ3v) is 7.27. The Balaban J connectivity index is 1.54. The van der Waals surface area contributed by atoms with Gasteiger partial charge in [-0.1, -0.05) is 37.7 Å². The van der Waals surface area contributed by atoms with Crippen LogP contribution in [0, 0.1) is 35.1 Å². The van der Waals surface area contributed by atoms with Crippen molar-refractivity contribution in [2.24, 2.45) is 0 Å². The minimum Gasteiger partial charge on any atom is -0.206 e. The summed E-state index contributed by atoms with van der Waals surface area (Å²) in [6.45, 7) is 2.19. The molecule has 0 N–H and O–H groups in total. The fraction of sp³-hybridized carbons (Fsp3) is 0.200. The molecule has 0 radical (unpaired) electrons. The van der Waals surface area contributed by atoms with Crippen LogP contribution in [0.2, 0.25) is 0 Å². The van der Waals surface area contributed by atoms with Crippen molar-refractivity contribution in [2.75, 3.05) is 0 Å². The van der Waals surface area contributed by atoms with E-state index in [9.17, 15) is 17.6 Å². The molecule has 158 valence electrons. The van der Waals surface area contributed by atoms with Crippen molar-refractivity contribution in [1.29, 1.82) is 0 Å². The number of fused-ring (bicyclic) bond motifs is 1. The van der Waals surface area contributed by atoms with Gasteiger partial charge in [-0.05, 0) is 54.8 Å². The monoisotopic (exact) mass is 458 g/mol. The molecule has 0 atom stereocenters. The molecule has 0 bridgehead atoms. The van der Waals surface area contributed by atoms with E-state index in [1.165, 1.54) is 45.7 Å². The molecule has 0 aliphatic heterocycles. The number of hydrogen-bond acceptors (Lipinski definition) is 2. The smallest absolute Gasteiger partial charge is 0.194 e. The van der Waals surface area contributed by atoms with Gasteiger partial charge in [0.15, 0.2) is 17.5 Å². The fourth-order valence-electron chi connectivity index (χ4n) is 3.24. The molecule has 0 saturated heterocycles. The van der Waals surface area contributed by atoms with Crippen molar-refractivity contribution in [3.8, 4) is 22.3 Å². The van der Waals surface area contributed by atoms with Gasteiger partial charge < -0.3 is 0 Å². The highest BCUT2D eigenvalue weighted by molar-refractivity contribution is 7.29. The van der Waals surface area contributed by atoms with Gasteiger partial charge in [0.2, 0.25) is 0 Å². The zero-order valence-corrected chi connectivity index (χ0v) is 18.3. The van der Waals surface area contributed by atoms with Gasteiger partial charge >= 0.3 is 0 Å². The Kier molecular flexibility index (Phi) is 6.45. The normalized spacial score (nSPS) is 11.0. The van der Waals surface area contributed by atoms with Crippen molar-refractivity contribution in [1.82, 2.24) is 0 Å². The van der Waals surface area contributed by atoms with Gasteiger partial charge in [0.25, 0.3) is 0 Å². The molecule has 6 heteroatoms. The van der Waals surface area contributed by atoms with Gasteiger partial charge in [-0.15, -0.1) is 22.7 Å². The molecular weight excluding hydrogens is 440 g/mol. The minimum absolute atomic E-state index is 0.0619. The Morgan fingerprint density at radius 3 is 2.19 bits per heavy atom. The predicted octanol–water partition coefficient (Wildman–Crippen LogP) is 8.32. The Labute approximate surface area is 186 Å². The van der Waals surface area contributed by atoms with E-state index in [2.05, 4.69) is 30.9 Å². The predicted molar refractivity (Wildman–Crippen MR) is 121 cm³/mol. The van der Waals surface area contributed by atoms with Crippen molar-refractivity contribution in [2.45, 2.75) is 32.6 Å². The lowest BCUT2D eigenvalue weighted by Gasteiger charge is -2.00. The molecular formula is C25H18F4S2. The summed E-state index contributed by atoms with van der Waals surface area (Å²) in [5.41, 5.74) is 0.793. The Morgan fingerprint density at radius 1 is 0.774 bits per heavy atom. The van der Waals surface area contributed by atoms with Gasteiger partial charge in [0, 0.05) is 24.7 Å². The molecule has 2 heterocycles. The minimum atomic E-state index is -1.55. The molecule has 0 saturated carbocycles. The molecule has 0 aliphatic rings. The molecule has 31 heavy (non-hydrogen) atoms. The maximum Gasteiger partial charge on any atom is 0.194 e. The average Bonchev–Trinajstić information content (AvgIpc) is 3.30. The lowest BCUT2D eigenvalue weighted by Crippen LogP contribution is -1.92. The van der Waals surface area contributed by atoms with Crippen LogP contribution in [-0.4, -0.2) is 0 Å². The van der Waals surface area contributed by atoms with Crippen LogP contribution in [0.4, 0.5) is 17.6 Å². The first-order chi connectivity index (χ1) is 14.9. The Hall–Kier alpha value is -2.62. The number of rotatable bonds is 5. The summed E-state index contributed by atoms with van der Waals surface area (Å²) in [7, 11) is 0. The van der Waals surface area contributed by atoms with Crippen molar-refractivity contribution >= 4 is 32.1 Å². The zero-order valence-electron chi connectivity index (χ0n) is 16.7. The second-order valence-electron chi connectivity index (χ2n) is 7.21. The van der Waals surface area contributed by atoms with E-state index >= 15 is 0 Å². The molecule has 0 nitrogen and oxygen atoms in total. The highest BCUT2D eigenvalue weighted by atomic mass is 32.1. The molecule has 4 rings (SSSR count). The van der Waals surface area contributed by atoms with E-state index in [-0.39, 0.29) is 11.1 Å². The van der Waals surface area contributed by atoms with E-state index in [4.69, 9.17) is 0 Å².